The molecule has 8 nitrogen and oxygen atoms in total. The second-order valence-electron chi connectivity index (χ2n) is 8.56. The Labute approximate surface area is 170 Å². The Bertz CT molecular complexity index is 869. The fraction of sp³-hybridized carbons (Fsp3) is 0.619. The Hall–Kier alpha value is -2.64. The monoisotopic (exact) mass is 400 g/mol. The molecule has 8 heteroatoms. The van der Waals surface area contributed by atoms with Gasteiger partial charge >= 0.3 is 6.09 Å². The summed E-state index contributed by atoms with van der Waals surface area (Å²) >= 11 is 0. The number of carbonyl (C=O) groups is 1. The van der Waals surface area contributed by atoms with Gasteiger partial charge in [0.05, 0.1) is 6.61 Å². The Balaban J connectivity index is 1.45. The first-order valence-electron chi connectivity index (χ1n) is 10.4. The zero-order chi connectivity index (χ0) is 20.4. The van der Waals surface area contributed by atoms with Gasteiger partial charge in [-0.25, -0.2) is 4.79 Å². The Kier molecular flexibility index (Phi) is 5.43. The van der Waals surface area contributed by atoms with Gasteiger partial charge in [0.25, 0.3) is 0 Å². The molecule has 156 valence electrons. The van der Waals surface area contributed by atoms with Crippen LogP contribution in [0.3, 0.4) is 0 Å². The van der Waals surface area contributed by atoms with Crippen LogP contribution in [0.5, 0.6) is 11.8 Å². The normalized spacial score (nSPS) is 17.3. The largest absolute Gasteiger partial charge is 0.477 e. The number of amides is 1. The summed E-state index contributed by atoms with van der Waals surface area (Å²) in [6.45, 7) is 5.93. The van der Waals surface area contributed by atoms with Gasteiger partial charge in [-0.2, -0.15) is 9.97 Å². The lowest BCUT2D eigenvalue weighted by Gasteiger charge is -2.22. The lowest BCUT2D eigenvalue weighted by Crippen LogP contribution is -2.43. The molecule has 0 saturated heterocycles. The second-order valence-corrected chi connectivity index (χ2v) is 8.56. The average molecular weight is 400 g/mol. The smallest absolute Gasteiger partial charge is 0.414 e. The number of rotatable bonds is 7. The molecule has 4 rings (SSSR count). The Morgan fingerprint density at radius 2 is 1.97 bits per heavy atom. The Morgan fingerprint density at radius 1 is 1.21 bits per heavy atom. The van der Waals surface area contributed by atoms with Gasteiger partial charge in [0.15, 0.2) is 5.82 Å². The van der Waals surface area contributed by atoms with E-state index in [0.717, 1.165) is 18.4 Å². The van der Waals surface area contributed by atoms with E-state index < -0.39 is 11.6 Å². The van der Waals surface area contributed by atoms with E-state index in [-0.39, 0.29) is 5.88 Å². The summed E-state index contributed by atoms with van der Waals surface area (Å²) in [5.74, 6) is 2.73. The molecule has 0 unspecified atom stereocenters. The number of pyridine rings is 1. The van der Waals surface area contributed by atoms with Crippen LogP contribution in [0.1, 0.15) is 75.6 Å². The lowest BCUT2D eigenvalue weighted by atomic mass is 9.99. The highest BCUT2D eigenvalue weighted by Gasteiger charge is 2.30. The van der Waals surface area contributed by atoms with Crippen LogP contribution in [0.15, 0.2) is 16.7 Å². The number of ether oxygens (including phenoxy) is 2. The number of aryl methyl sites for hydroxylation is 1. The number of hydrogen-bond donors (Lipinski definition) is 1. The molecular formula is C21H28N4O4. The van der Waals surface area contributed by atoms with Gasteiger partial charge in [-0.3, -0.25) is 0 Å². The molecule has 2 aliphatic carbocycles. The van der Waals surface area contributed by atoms with Crippen LogP contribution >= 0.6 is 0 Å². The minimum atomic E-state index is -0.843. The zero-order valence-corrected chi connectivity index (χ0v) is 17.2. The fourth-order valence-electron chi connectivity index (χ4n) is 3.62. The highest BCUT2D eigenvalue weighted by atomic mass is 16.6. The van der Waals surface area contributed by atoms with Crippen molar-refractivity contribution >= 4 is 6.09 Å². The molecule has 2 aromatic rings. The van der Waals surface area contributed by atoms with Gasteiger partial charge in [0, 0.05) is 18.6 Å². The van der Waals surface area contributed by atoms with E-state index >= 15 is 0 Å². The van der Waals surface area contributed by atoms with Gasteiger partial charge in [0.1, 0.15) is 5.54 Å². The van der Waals surface area contributed by atoms with Crippen molar-refractivity contribution in [2.24, 2.45) is 5.92 Å². The van der Waals surface area contributed by atoms with E-state index in [1.165, 1.54) is 25.7 Å². The predicted octanol–water partition coefficient (Wildman–Crippen LogP) is 4.24. The van der Waals surface area contributed by atoms with Crippen LogP contribution in [-0.4, -0.2) is 27.8 Å². The van der Waals surface area contributed by atoms with Crippen LogP contribution in [0.2, 0.25) is 0 Å². The van der Waals surface area contributed by atoms with Crippen molar-refractivity contribution in [1.29, 1.82) is 0 Å². The molecular weight excluding hydrogens is 372 g/mol. The van der Waals surface area contributed by atoms with Crippen LogP contribution in [0.4, 0.5) is 4.79 Å². The first-order chi connectivity index (χ1) is 13.9. The van der Waals surface area contributed by atoms with E-state index in [2.05, 4.69) is 20.4 Å². The molecule has 0 radical (unpaired) electrons. The molecule has 2 heterocycles. The van der Waals surface area contributed by atoms with Crippen molar-refractivity contribution < 1.29 is 18.8 Å². The van der Waals surface area contributed by atoms with Crippen molar-refractivity contribution in [2.75, 3.05) is 6.61 Å². The summed E-state index contributed by atoms with van der Waals surface area (Å²) in [5.41, 5.74) is 0.280. The van der Waals surface area contributed by atoms with Crippen molar-refractivity contribution in [1.82, 2.24) is 20.4 Å². The molecule has 2 aliphatic rings. The maximum Gasteiger partial charge on any atom is 0.414 e. The molecule has 29 heavy (non-hydrogen) atoms. The van der Waals surface area contributed by atoms with Gasteiger partial charge in [-0.1, -0.05) is 18.0 Å². The van der Waals surface area contributed by atoms with Gasteiger partial charge in [-0.05, 0) is 57.4 Å². The van der Waals surface area contributed by atoms with Crippen molar-refractivity contribution in [3.8, 4) is 11.8 Å². The van der Waals surface area contributed by atoms with E-state index in [0.29, 0.717) is 36.0 Å². The minimum absolute atomic E-state index is 0.218. The number of nitrogens with one attached hydrogen (secondary N) is 1. The van der Waals surface area contributed by atoms with E-state index in [4.69, 9.17) is 14.0 Å². The third-order valence-electron chi connectivity index (χ3n) is 5.51. The van der Waals surface area contributed by atoms with E-state index in [1.54, 1.807) is 26.8 Å². The molecule has 2 aromatic heterocycles. The highest BCUT2D eigenvalue weighted by Crippen LogP contribution is 2.39. The standard InChI is InChI=1S/C21H28N4O4/c1-13-22-19(25-29-13)21(2,3)24-20(26)28-17-11-10-16(15-6-4-5-7-15)18(23-17)27-12-14-8-9-14/h10-11,14-15H,4-9,12H2,1-3H3,(H,24,26). The minimum Gasteiger partial charge on any atom is -0.477 e. The second kappa shape index (κ2) is 8.00. The van der Waals surface area contributed by atoms with Crippen molar-refractivity contribution in [3.05, 3.63) is 29.4 Å². The number of aromatic nitrogens is 3. The maximum absolute atomic E-state index is 12.4. The zero-order valence-electron chi connectivity index (χ0n) is 17.2. The SMILES string of the molecule is Cc1nc(C(C)(C)NC(=O)Oc2ccc(C3CCCC3)c(OCC3CC3)n2)no1. The first kappa shape index (κ1) is 19.7. The average Bonchev–Trinajstić information content (AvgIpc) is 3.13. The quantitative estimate of drug-likeness (QED) is 0.742. The van der Waals surface area contributed by atoms with Crippen LogP contribution in [0.25, 0.3) is 0 Å². The molecule has 0 atom stereocenters. The third-order valence-corrected chi connectivity index (χ3v) is 5.51. The number of carbonyl (C=O) groups excluding carboxylic acids is 1. The van der Waals surface area contributed by atoms with Crippen LogP contribution in [-0.2, 0) is 5.54 Å². The van der Waals surface area contributed by atoms with Crippen LogP contribution in [0, 0.1) is 12.8 Å². The highest BCUT2D eigenvalue weighted by molar-refractivity contribution is 5.71. The Morgan fingerprint density at radius 3 is 2.62 bits per heavy atom. The van der Waals surface area contributed by atoms with Crippen molar-refractivity contribution in [3.63, 3.8) is 0 Å². The summed E-state index contributed by atoms with van der Waals surface area (Å²) in [7, 11) is 0. The predicted molar refractivity (Wildman–Crippen MR) is 105 cm³/mol. The summed E-state index contributed by atoms with van der Waals surface area (Å²) < 4.78 is 16.4. The molecule has 0 aliphatic heterocycles. The summed E-state index contributed by atoms with van der Waals surface area (Å²) in [6.07, 6.45) is 6.56. The summed E-state index contributed by atoms with van der Waals surface area (Å²) in [5, 5.41) is 6.63. The van der Waals surface area contributed by atoms with E-state index in [1.807, 2.05) is 6.07 Å². The number of nitrogens with zero attached hydrogens (tertiary/aromatic N) is 3. The van der Waals surface area contributed by atoms with E-state index in [9.17, 15) is 4.79 Å². The number of hydrogen-bond acceptors (Lipinski definition) is 7. The molecule has 0 aromatic carbocycles. The third kappa shape index (κ3) is 4.86. The molecule has 0 spiro atoms. The van der Waals surface area contributed by atoms with Crippen molar-refractivity contribution in [2.45, 2.75) is 70.8 Å². The first-order valence-corrected chi connectivity index (χ1v) is 10.4. The molecule has 2 fully saturated rings. The summed E-state index contributed by atoms with van der Waals surface area (Å²) in [4.78, 5) is 21.1. The van der Waals surface area contributed by atoms with Gasteiger partial charge in [-0.15, -0.1) is 0 Å². The van der Waals surface area contributed by atoms with Crippen LogP contribution < -0.4 is 14.8 Å². The van der Waals surface area contributed by atoms with Gasteiger partial charge in [0.2, 0.25) is 17.7 Å². The summed E-state index contributed by atoms with van der Waals surface area (Å²) in [6, 6.07) is 3.73. The molecule has 1 amide bonds. The molecule has 1 N–H and O–H groups in total. The van der Waals surface area contributed by atoms with Gasteiger partial charge < -0.3 is 19.3 Å². The lowest BCUT2D eigenvalue weighted by molar-refractivity contribution is 0.183. The molecule has 2 saturated carbocycles. The molecule has 0 bridgehead atoms. The maximum atomic E-state index is 12.4. The fourth-order valence-corrected chi connectivity index (χ4v) is 3.62. The topological polar surface area (TPSA) is 99.4 Å².